The monoisotopic (exact) mass is 215 g/mol. The molecule has 0 radical (unpaired) electrons. The molecular weight excluding hydrogens is 202 g/mol. The second kappa shape index (κ2) is 4.39. The van der Waals surface area contributed by atoms with Crippen LogP contribution in [0.25, 0.3) is 0 Å². The van der Waals surface area contributed by atoms with Gasteiger partial charge in [0.1, 0.15) is 5.51 Å². The van der Waals surface area contributed by atoms with Gasteiger partial charge in [0.15, 0.2) is 4.34 Å². The maximum Gasteiger partial charge on any atom is 0.174 e. The first-order valence-electron chi connectivity index (χ1n) is 4.54. The summed E-state index contributed by atoms with van der Waals surface area (Å²) in [6.45, 7) is 0. The zero-order valence-corrected chi connectivity index (χ0v) is 8.98. The molecule has 1 aliphatic rings. The predicted molar refractivity (Wildman–Crippen MR) is 56.0 cm³/mol. The van der Waals surface area contributed by atoms with Crippen molar-refractivity contribution >= 4 is 23.1 Å². The van der Waals surface area contributed by atoms with E-state index in [1.807, 2.05) is 0 Å². The van der Waals surface area contributed by atoms with E-state index in [-0.39, 0.29) is 0 Å². The minimum absolute atomic E-state index is 0.350. The molecule has 2 atom stereocenters. The lowest BCUT2D eigenvalue weighted by Gasteiger charge is -2.26. The fourth-order valence-corrected chi connectivity index (χ4v) is 3.57. The highest BCUT2D eigenvalue weighted by atomic mass is 32.2. The zero-order chi connectivity index (χ0) is 9.10. The van der Waals surface area contributed by atoms with Gasteiger partial charge in [0.25, 0.3) is 0 Å². The molecule has 2 rings (SSSR count). The smallest absolute Gasteiger partial charge is 0.174 e. The van der Waals surface area contributed by atoms with Crippen LogP contribution in [0.1, 0.15) is 25.7 Å². The third-order valence-corrected chi connectivity index (χ3v) is 4.58. The first-order chi connectivity index (χ1) is 6.36. The third kappa shape index (κ3) is 2.42. The molecular formula is C8H13N3S2. The van der Waals surface area contributed by atoms with Gasteiger partial charge in [-0.2, -0.15) is 0 Å². The van der Waals surface area contributed by atoms with Gasteiger partial charge in [-0.25, -0.2) is 0 Å². The van der Waals surface area contributed by atoms with Gasteiger partial charge in [0, 0.05) is 11.3 Å². The van der Waals surface area contributed by atoms with Crippen LogP contribution in [-0.4, -0.2) is 21.5 Å². The fourth-order valence-electron chi connectivity index (χ4n) is 1.62. The Balaban J connectivity index is 1.93. The molecule has 2 N–H and O–H groups in total. The van der Waals surface area contributed by atoms with Crippen molar-refractivity contribution in [2.75, 3.05) is 0 Å². The number of aromatic nitrogens is 2. The van der Waals surface area contributed by atoms with E-state index in [1.54, 1.807) is 28.6 Å². The highest BCUT2D eigenvalue weighted by Gasteiger charge is 2.23. The Labute approximate surface area is 86.1 Å². The van der Waals surface area contributed by atoms with E-state index in [1.165, 1.54) is 19.3 Å². The van der Waals surface area contributed by atoms with Crippen molar-refractivity contribution in [1.82, 2.24) is 10.2 Å². The minimum Gasteiger partial charge on any atom is -0.327 e. The average Bonchev–Trinajstić information content (AvgIpc) is 2.61. The molecule has 0 spiro atoms. The van der Waals surface area contributed by atoms with Crippen LogP contribution in [0.3, 0.4) is 0 Å². The van der Waals surface area contributed by atoms with Gasteiger partial charge in [-0.3, -0.25) is 0 Å². The second-order valence-electron chi connectivity index (χ2n) is 3.31. The number of thioether (sulfide) groups is 1. The van der Waals surface area contributed by atoms with Crippen molar-refractivity contribution in [3.8, 4) is 0 Å². The molecule has 3 nitrogen and oxygen atoms in total. The summed E-state index contributed by atoms with van der Waals surface area (Å²) in [5.74, 6) is 0. The molecule has 0 aromatic carbocycles. The summed E-state index contributed by atoms with van der Waals surface area (Å²) >= 11 is 3.40. The fraction of sp³-hybridized carbons (Fsp3) is 0.750. The summed E-state index contributed by atoms with van der Waals surface area (Å²) in [6, 6.07) is 0.350. The maximum absolute atomic E-state index is 6.03. The standard InChI is InChI=1S/C8H13N3S2/c9-6-3-1-2-4-7(6)13-8-11-10-5-12-8/h5-7H,1-4,9H2. The van der Waals surface area contributed by atoms with Crippen molar-refractivity contribution in [2.45, 2.75) is 41.3 Å². The Hall–Kier alpha value is -0.130. The van der Waals surface area contributed by atoms with Crippen LogP contribution in [0.2, 0.25) is 0 Å². The SMILES string of the molecule is NC1CCCCC1Sc1nncs1. The Kier molecular flexibility index (Phi) is 3.18. The summed E-state index contributed by atoms with van der Waals surface area (Å²) in [5.41, 5.74) is 7.81. The van der Waals surface area contributed by atoms with Crippen LogP contribution in [-0.2, 0) is 0 Å². The zero-order valence-electron chi connectivity index (χ0n) is 7.35. The Morgan fingerprint density at radius 3 is 3.00 bits per heavy atom. The molecule has 1 aromatic heterocycles. The van der Waals surface area contributed by atoms with E-state index in [0.29, 0.717) is 11.3 Å². The van der Waals surface area contributed by atoms with Crippen molar-refractivity contribution < 1.29 is 0 Å². The van der Waals surface area contributed by atoms with Gasteiger partial charge in [0.05, 0.1) is 0 Å². The topological polar surface area (TPSA) is 51.8 Å². The van der Waals surface area contributed by atoms with Crippen molar-refractivity contribution in [3.63, 3.8) is 0 Å². The normalized spacial score (nSPS) is 29.0. The van der Waals surface area contributed by atoms with Crippen LogP contribution >= 0.6 is 23.1 Å². The first kappa shape index (κ1) is 9.43. The number of nitrogens with two attached hydrogens (primary N) is 1. The third-order valence-electron chi connectivity index (χ3n) is 2.35. The van der Waals surface area contributed by atoms with E-state index in [9.17, 15) is 0 Å². The molecule has 2 unspecified atom stereocenters. The highest BCUT2D eigenvalue weighted by molar-refractivity contribution is 8.01. The van der Waals surface area contributed by atoms with Gasteiger partial charge in [-0.15, -0.1) is 10.2 Å². The van der Waals surface area contributed by atoms with Crippen LogP contribution in [0.15, 0.2) is 9.85 Å². The molecule has 1 heterocycles. The summed E-state index contributed by atoms with van der Waals surface area (Å²) < 4.78 is 1.06. The molecule has 0 amide bonds. The average molecular weight is 215 g/mol. The highest BCUT2D eigenvalue weighted by Crippen LogP contribution is 2.33. The number of rotatable bonds is 2. The number of hydrogen-bond donors (Lipinski definition) is 1. The van der Waals surface area contributed by atoms with Gasteiger partial charge in [0.2, 0.25) is 0 Å². The molecule has 5 heteroatoms. The van der Waals surface area contributed by atoms with Crippen molar-refractivity contribution in [2.24, 2.45) is 5.73 Å². The molecule has 72 valence electrons. The lowest BCUT2D eigenvalue weighted by Crippen LogP contribution is -2.35. The van der Waals surface area contributed by atoms with Gasteiger partial charge in [-0.1, -0.05) is 35.9 Å². The molecule has 1 saturated carbocycles. The largest absolute Gasteiger partial charge is 0.327 e. The van der Waals surface area contributed by atoms with E-state index < -0.39 is 0 Å². The molecule has 1 aromatic rings. The summed E-state index contributed by atoms with van der Waals surface area (Å²) in [5, 5.41) is 8.40. The first-order valence-corrected chi connectivity index (χ1v) is 6.30. The Morgan fingerprint density at radius 1 is 1.46 bits per heavy atom. The van der Waals surface area contributed by atoms with E-state index in [2.05, 4.69) is 10.2 Å². The second-order valence-corrected chi connectivity index (χ2v) is 5.63. The van der Waals surface area contributed by atoms with Crippen LogP contribution in [0.4, 0.5) is 0 Å². The minimum atomic E-state index is 0.350. The van der Waals surface area contributed by atoms with Crippen molar-refractivity contribution in [3.05, 3.63) is 5.51 Å². The summed E-state index contributed by atoms with van der Waals surface area (Å²) in [6.07, 6.45) is 4.99. The van der Waals surface area contributed by atoms with E-state index >= 15 is 0 Å². The van der Waals surface area contributed by atoms with Crippen LogP contribution < -0.4 is 5.73 Å². The van der Waals surface area contributed by atoms with Gasteiger partial charge < -0.3 is 5.73 Å². The van der Waals surface area contributed by atoms with E-state index in [4.69, 9.17) is 5.73 Å². The Morgan fingerprint density at radius 2 is 2.31 bits per heavy atom. The Bertz CT molecular complexity index is 250. The lowest BCUT2D eigenvalue weighted by atomic mass is 9.96. The van der Waals surface area contributed by atoms with Crippen molar-refractivity contribution in [1.29, 1.82) is 0 Å². The van der Waals surface area contributed by atoms with Crippen LogP contribution in [0.5, 0.6) is 0 Å². The molecule has 13 heavy (non-hydrogen) atoms. The molecule has 0 saturated heterocycles. The molecule has 0 bridgehead atoms. The quantitative estimate of drug-likeness (QED) is 0.818. The predicted octanol–water partition coefficient (Wildman–Crippen LogP) is 1.90. The van der Waals surface area contributed by atoms with E-state index in [0.717, 1.165) is 10.8 Å². The van der Waals surface area contributed by atoms with Gasteiger partial charge >= 0.3 is 0 Å². The molecule has 0 aliphatic heterocycles. The molecule has 1 aliphatic carbocycles. The molecule has 1 fully saturated rings. The summed E-state index contributed by atoms with van der Waals surface area (Å²) in [4.78, 5) is 0. The number of nitrogens with zero attached hydrogens (tertiary/aromatic N) is 2. The van der Waals surface area contributed by atoms with Gasteiger partial charge in [-0.05, 0) is 12.8 Å². The lowest BCUT2D eigenvalue weighted by molar-refractivity contribution is 0.453. The van der Waals surface area contributed by atoms with Crippen LogP contribution in [0, 0.1) is 0 Å². The number of hydrogen-bond acceptors (Lipinski definition) is 5. The summed E-state index contributed by atoms with van der Waals surface area (Å²) in [7, 11) is 0. The maximum atomic E-state index is 6.03.